The third kappa shape index (κ3) is 52.6. The summed E-state index contributed by atoms with van der Waals surface area (Å²) in [5.41, 5.74) is 0. The van der Waals surface area contributed by atoms with Gasteiger partial charge in [-0.15, -0.1) is 0 Å². The van der Waals surface area contributed by atoms with Crippen molar-refractivity contribution in [2.75, 3.05) is 13.2 Å². The molecule has 378 valence electrons. The van der Waals surface area contributed by atoms with E-state index in [-0.39, 0.29) is 44.0 Å². The maximum Gasteiger partial charge on any atom is 0.306 e. The molecule has 0 N–H and O–H groups in total. The first-order valence-corrected chi connectivity index (χ1v) is 27.0. The first kappa shape index (κ1) is 62.8. The first-order valence-electron chi connectivity index (χ1n) is 27.0. The van der Waals surface area contributed by atoms with E-state index in [1.807, 2.05) is 0 Å². The van der Waals surface area contributed by atoms with Crippen molar-refractivity contribution in [3.63, 3.8) is 0 Å². The normalized spacial score (nSPS) is 13.1. The molecule has 0 aromatic heterocycles. The Bertz CT molecular complexity index is 1440. The van der Waals surface area contributed by atoms with E-state index in [1.54, 1.807) is 0 Å². The molecule has 0 aliphatic heterocycles. The Hall–Kier alpha value is -4.19. The third-order valence-corrected chi connectivity index (χ3v) is 10.9. The van der Waals surface area contributed by atoms with Gasteiger partial charge in [-0.3, -0.25) is 14.4 Å². The summed E-state index contributed by atoms with van der Waals surface area (Å²) in [6, 6.07) is 0. The van der Waals surface area contributed by atoms with Crippen LogP contribution in [0.4, 0.5) is 0 Å². The highest BCUT2D eigenvalue weighted by atomic mass is 16.6. The van der Waals surface area contributed by atoms with Crippen molar-refractivity contribution < 1.29 is 28.6 Å². The zero-order chi connectivity index (χ0) is 48.6. The van der Waals surface area contributed by atoms with E-state index in [9.17, 15) is 14.4 Å². The second-order valence-electron chi connectivity index (χ2n) is 17.4. The number of rotatable bonds is 47. The molecule has 0 saturated heterocycles. The van der Waals surface area contributed by atoms with Gasteiger partial charge < -0.3 is 14.2 Å². The molecule has 0 heterocycles. The minimum Gasteiger partial charge on any atom is -0.462 e. The molecule has 0 aliphatic carbocycles. The number of carbonyl (C=O) groups is 3. The molecule has 0 amide bonds. The highest BCUT2D eigenvalue weighted by molar-refractivity contribution is 5.71. The average molecular weight is 927 g/mol. The number of allylic oxidation sites excluding steroid dienone is 20. The molecule has 0 aromatic rings. The minimum atomic E-state index is -0.821. The zero-order valence-corrected chi connectivity index (χ0v) is 43.1. The third-order valence-electron chi connectivity index (χ3n) is 10.9. The van der Waals surface area contributed by atoms with E-state index in [4.69, 9.17) is 14.2 Å². The Morgan fingerprint density at radius 3 is 0.985 bits per heavy atom. The number of hydrogen-bond acceptors (Lipinski definition) is 6. The van der Waals surface area contributed by atoms with Crippen LogP contribution < -0.4 is 0 Å². The van der Waals surface area contributed by atoms with Crippen molar-refractivity contribution in [2.45, 2.75) is 232 Å². The van der Waals surface area contributed by atoms with Crippen molar-refractivity contribution in [1.29, 1.82) is 0 Å². The van der Waals surface area contributed by atoms with Gasteiger partial charge in [0.25, 0.3) is 0 Å². The molecule has 0 spiro atoms. The summed E-state index contributed by atoms with van der Waals surface area (Å²) < 4.78 is 16.8. The van der Waals surface area contributed by atoms with E-state index in [0.29, 0.717) is 12.8 Å². The molecule has 67 heavy (non-hydrogen) atoms. The lowest BCUT2D eigenvalue weighted by Gasteiger charge is -2.18. The lowest BCUT2D eigenvalue weighted by molar-refractivity contribution is -0.167. The topological polar surface area (TPSA) is 78.9 Å². The molecule has 0 aromatic carbocycles. The van der Waals surface area contributed by atoms with Gasteiger partial charge in [0.15, 0.2) is 6.10 Å². The smallest absolute Gasteiger partial charge is 0.306 e. The van der Waals surface area contributed by atoms with Crippen LogP contribution in [0, 0.1) is 0 Å². The first-order chi connectivity index (χ1) is 33.0. The second-order valence-corrected chi connectivity index (χ2v) is 17.4. The Balaban J connectivity index is 4.56. The predicted molar refractivity (Wildman–Crippen MR) is 288 cm³/mol. The summed E-state index contributed by atoms with van der Waals surface area (Å²) in [5, 5.41) is 0. The molecule has 6 heteroatoms. The molecule has 0 fully saturated rings. The molecule has 6 nitrogen and oxygen atoms in total. The van der Waals surface area contributed by atoms with Gasteiger partial charge in [-0.1, -0.05) is 206 Å². The molecule has 0 aliphatic rings. The molecule has 0 bridgehead atoms. The second kappa shape index (κ2) is 54.4. The summed E-state index contributed by atoms with van der Waals surface area (Å²) in [5.74, 6) is -1.01. The van der Waals surface area contributed by atoms with Crippen molar-refractivity contribution in [2.24, 2.45) is 0 Å². The Morgan fingerprint density at radius 1 is 0.313 bits per heavy atom. The summed E-state index contributed by atoms with van der Waals surface area (Å²) in [4.78, 5) is 38.1. The van der Waals surface area contributed by atoms with Gasteiger partial charge in [-0.25, -0.2) is 0 Å². The minimum absolute atomic E-state index is 0.113. The van der Waals surface area contributed by atoms with Crippen LogP contribution in [0.5, 0.6) is 0 Å². The van der Waals surface area contributed by atoms with Crippen LogP contribution >= 0.6 is 0 Å². The Labute approximate surface area is 412 Å². The standard InChI is InChI=1S/C61H98O6/c1-4-7-10-13-16-19-22-25-28-30-33-36-39-42-45-48-51-54-60(63)66-57-58(56-65-59(62)53-50-47-44-41-38-35-32-27-24-21-18-15-12-9-6-3)67-61(64)55-52-49-46-43-40-37-34-31-29-26-23-20-17-14-11-8-5-2/h7-8,10-11,16-17,19-20,25-29,32-34,36-37,42,45,58H,4-6,9,12-15,18,21-24,30-31,35,38-41,43-44,46-57H2,1-3H3/b10-7-,11-8-,19-16-,20-17-,28-25-,29-26-,32-27-,36-33-,37-34-,45-42-. The van der Waals surface area contributed by atoms with Gasteiger partial charge in [0, 0.05) is 19.3 Å². The van der Waals surface area contributed by atoms with Crippen LogP contribution in [0.25, 0.3) is 0 Å². The monoisotopic (exact) mass is 927 g/mol. The summed E-state index contributed by atoms with van der Waals surface area (Å²) in [6.45, 7) is 6.32. The lowest BCUT2D eigenvalue weighted by atomic mass is 10.1. The van der Waals surface area contributed by atoms with Crippen molar-refractivity contribution in [1.82, 2.24) is 0 Å². The van der Waals surface area contributed by atoms with Crippen LogP contribution in [0.2, 0.25) is 0 Å². The fourth-order valence-corrected chi connectivity index (χ4v) is 6.93. The summed E-state index contributed by atoms with van der Waals surface area (Å²) >= 11 is 0. The van der Waals surface area contributed by atoms with E-state index in [0.717, 1.165) is 128 Å². The predicted octanol–water partition coefficient (Wildman–Crippen LogP) is 18.1. The van der Waals surface area contributed by atoms with Gasteiger partial charge in [-0.05, 0) is 122 Å². The van der Waals surface area contributed by atoms with E-state index in [1.165, 1.54) is 51.4 Å². The van der Waals surface area contributed by atoms with Crippen LogP contribution in [-0.4, -0.2) is 37.2 Å². The molecular weight excluding hydrogens is 829 g/mol. The molecular formula is C61H98O6. The lowest BCUT2D eigenvalue weighted by Crippen LogP contribution is -2.30. The number of esters is 3. The van der Waals surface area contributed by atoms with Crippen molar-refractivity contribution in [3.05, 3.63) is 122 Å². The molecule has 1 unspecified atom stereocenters. The van der Waals surface area contributed by atoms with Gasteiger partial charge in [0.1, 0.15) is 13.2 Å². The number of carbonyl (C=O) groups excluding carboxylic acids is 3. The summed E-state index contributed by atoms with van der Waals surface area (Å²) in [6.07, 6.45) is 74.7. The van der Waals surface area contributed by atoms with E-state index >= 15 is 0 Å². The van der Waals surface area contributed by atoms with Crippen LogP contribution in [0.1, 0.15) is 226 Å². The maximum atomic E-state index is 12.8. The molecule has 0 rings (SSSR count). The van der Waals surface area contributed by atoms with Crippen molar-refractivity contribution in [3.8, 4) is 0 Å². The highest BCUT2D eigenvalue weighted by Crippen LogP contribution is 2.13. The maximum absolute atomic E-state index is 12.8. The van der Waals surface area contributed by atoms with Crippen molar-refractivity contribution >= 4 is 17.9 Å². The quantitative estimate of drug-likeness (QED) is 0.0262. The molecule has 0 radical (unpaired) electrons. The largest absolute Gasteiger partial charge is 0.462 e. The van der Waals surface area contributed by atoms with Crippen LogP contribution in [0.15, 0.2) is 122 Å². The summed E-state index contributed by atoms with van der Waals surface area (Å²) in [7, 11) is 0. The van der Waals surface area contributed by atoms with E-state index < -0.39 is 6.10 Å². The van der Waals surface area contributed by atoms with Gasteiger partial charge in [-0.2, -0.15) is 0 Å². The number of hydrogen-bond donors (Lipinski definition) is 0. The van der Waals surface area contributed by atoms with Gasteiger partial charge in [0.2, 0.25) is 0 Å². The van der Waals surface area contributed by atoms with Gasteiger partial charge in [0.05, 0.1) is 0 Å². The molecule has 0 saturated carbocycles. The van der Waals surface area contributed by atoms with Gasteiger partial charge >= 0.3 is 17.9 Å². The van der Waals surface area contributed by atoms with E-state index in [2.05, 4.69) is 142 Å². The van der Waals surface area contributed by atoms with Crippen LogP contribution in [0.3, 0.4) is 0 Å². The fraction of sp³-hybridized carbons (Fsp3) is 0.623. The fourth-order valence-electron chi connectivity index (χ4n) is 6.93. The van der Waals surface area contributed by atoms with Crippen LogP contribution in [-0.2, 0) is 28.6 Å². The Kier molecular flexibility index (Phi) is 51.0. The SMILES string of the molecule is CC/C=C\C/C=C\C/C=C\C/C=C\C/C=C\CCCC(=O)OCC(COC(=O)CCCCCCC/C=C\CCCCCCCC)OC(=O)CCCCCC/C=C\C/C=C\C/C=C\C/C=C\CC. The number of unbranched alkanes of at least 4 members (excludes halogenated alkanes) is 16. The Morgan fingerprint density at radius 2 is 0.597 bits per heavy atom. The number of ether oxygens (including phenoxy) is 3. The highest BCUT2D eigenvalue weighted by Gasteiger charge is 2.19. The average Bonchev–Trinajstić information content (AvgIpc) is 3.33. The zero-order valence-electron chi connectivity index (χ0n) is 43.1. The molecule has 1 atom stereocenters.